The van der Waals surface area contributed by atoms with Crippen molar-refractivity contribution in [3.8, 4) is 17.1 Å². The molecule has 0 aliphatic carbocycles. The van der Waals surface area contributed by atoms with Gasteiger partial charge >= 0.3 is 0 Å². The van der Waals surface area contributed by atoms with E-state index in [1.165, 1.54) is 48.1 Å². The monoisotopic (exact) mass is 578 g/mol. The van der Waals surface area contributed by atoms with Gasteiger partial charge in [0.25, 0.3) is 5.82 Å². The SMILES string of the molecule is [2H]C([2H])([2H])c1ccc2c(ccc3cc4c(cc32)sc2c(-c3[nH]c5ccccc5[n+]3-c3c(C(C)C)cccc3C(C)C)cccc24)c1. The Morgan fingerprint density at radius 3 is 2.19 bits per heavy atom. The Morgan fingerprint density at radius 2 is 1.42 bits per heavy atom. The van der Waals surface area contributed by atoms with E-state index in [0.29, 0.717) is 17.4 Å². The van der Waals surface area contributed by atoms with E-state index < -0.39 is 6.85 Å². The number of aromatic amines is 1. The number of nitrogens with zero attached hydrogens (tertiary/aromatic N) is 1. The molecule has 6 aromatic carbocycles. The zero-order valence-electron chi connectivity index (χ0n) is 27.8. The molecule has 8 aromatic rings. The van der Waals surface area contributed by atoms with E-state index in [4.69, 9.17) is 4.11 Å². The topological polar surface area (TPSA) is 19.7 Å². The number of fused-ring (bicyclic) bond motifs is 7. The van der Waals surface area contributed by atoms with E-state index in [1.807, 2.05) is 29.5 Å². The zero-order valence-corrected chi connectivity index (χ0v) is 25.6. The molecule has 0 aliphatic heterocycles. The quantitative estimate of drug-likeness (QED) is 0.158. The summed E-state index contributed by atoms with van der Waals surface area (Å²) in [6.07, 6.45) is 0. The molecule has 3 heteroatoms. The molecule has 0 bridgehead atoms. The van der Waals surface area contributed by atoms with Crippen LogP contribution in [0.4, 0.5) is 0 Å². The number of aryl methyl sites for hydroxylation is 1. The van der Waals surface area contributed by atoms with Gasteiger partial charge in [0, 0.05) is 30.7 Å². The molecule has 0 atom stereocenters. The van der Waals surface area contributed by atoms with E-state index >= 15 is 0 Å². The molecule has 2 heterocycles. The first-order valence-electron chi connectivity index (χ1n) is 16.6. The van der Waals surface area contributed by atoms with Crippen molar-refractivity contribution in [2.75, 3.05) is 0 Å². The lowest BCUT2D eigenvalue weighted by Gasteiger charge is -2.18. The van der Waals surface area contributed by atoms with Crippen LogP contribution in [0.1, 0.15) is 60.3 Å². The van der Waals surface area contributed by atoms with E-state index in [-0.39, 0.29) is 0 Å². The van der Waals surface area contributed by atoms with Gasteiger partial charge < -0.3 is 0 Å². The molecule has 43 heavy (non-hydrogen) atoms. The molecule has 0 unspecified atom stereocenters. The van der Waals surface area contributed by atoms with Gasteiger partial charge in [-0.25, -0.2) is 4.98 Å². The van der Waals surface area contributed by atoms with Gasteiger partial charge in [-0.2, -0.15) is 4.57 Å². The first-order valence-corrected chi connectivity index (χ1v) is 15.9. The Bertz CT molecular complexity index is 2450. The average Bonchev–Trinajstić information content (AvgIpc) is 3.60. The maximum absolute atomic E-state index is 7.87. The largest absolute Gasteiger partial charge is 0.294 e. The lowest BCUT2D eigenvalue weighted by atomic mass is 9.92. The van der Waals surface area contributed by atoms with E-state index in [2.05, 4.69) is 116 Å². The minimum Gasteiger partial charge on any atom is -0.236 e. The van der Waals surface area contributed by atoms with Crippen molar-refractivity contribution < 1.29 is 8.68 Å². The fourth-order valence-electron chi connectivity index (χ4n) is 6.81. The number of H-pyrrole nitrogens is 1. The molecule has 0 saturated heterocycles. The van der Waals surface area contributed by atoms with Crippen LogP contribution in [0.3, 0.4) is 0 Å². The molecule has 2 aromatic heterocycles. The highest BCUT2D eigenvalue weighted by Crippen LogP contribution is 2.42. The minimum absolute atomic E-state index is 0.362. The lowest BCUT2D eigenvalue weighted by molar-refractivity contribution is -0.556. The van der Waals surface area contributed by atoms with Gasteiger partial charge in [0.15, 0.2) is 11.0 Å². The van der Waals surface area contributed by atoms with Gasteiger partial charge in [-0.1, -0.05) is 106 Å². The average molecular weight is 579 g/mol. The second-order valence-corrected chi connectivity index (χ2v) is 13.3. The highest BCUT2D eigenvalue weighted by atomic mass is 32.1. The molecule has 0 radical (unpaired) electrons. The minimum atomic E-state index is -2.12. The van der Waals surface area contributed by atoms with Crippen LogP contribution in [0.25, 0.3) is 69.8 Å². The van der Waals surface area contributed by atoms with Crippen molar-refractivity contribution in [1.82, 2.24) is 4.98 Å². The zero-order chi connectivity index (χ0) is 31.9. The Balaban J connectivity index is 1.42. The van der Waals surface area contributed by atoms with E-state index in [9.17, 15) is 0 Å². The second kappa shape index (κ2) is 9.79. The van der Waals surface area contributed by atoms with Crippen LogP contribution in [0.15, 0.2) is 103 Å². The second-order valence-electron chi connectivity index (χ2n) is 12.3. The van der Waals surface area contributed by atoms with Crippen molar-refractivity contribution in [1.29, 1.82) is 0 Å². The predicted molar refractivity (Wildman–Crippen MR) is 186 cm³/mol. The van der Waals surface area contributed by atoms with Crippen molar-refractivity contribution >= 4 is 64.1 Å². The van der Waals surface area contributed by atoms with Crippen LogP contribution in [-0.4, -0.2) is 4.98 Å². The summed E-state index contributed by atoms with van der Waals surface area (Å²) in [6.45, 7) is 7.00. The van der Waals surface area contributed by atoms with Crippen LogP contribution in [-0.2, 0) is 0 Å². The fraction of sp³-hybridized carbons (Fsp3) is 0.175. The molecule has 0 saturated carbocycles. The smallest absolute Gasteiger partial charge is 0.236 e. The Morgan fingerprint density at radius 1 is 0.674 bits per heavy atom. The molecule has 1 N–H and O–H groups in total. The molecule has 2 nitrogen and oxygen atoms in total. The number of hydrogen-bond donors (Lipinski definition) is 1. The number of imidazole rings is 1. The van der Waals surface area contributed by atoms with Crippen LogP contribution in [0.5, 0.6) is 0 Å². The third-order valence-electron chi connectivity index (χ3n) is 8.90. The Kier molecular flexibility index (Phi) is 5.25. The normalized spacial score (nSPS) is 13.6. The molecule has 0 aliphatic rings. The summed E-state index contributed by atoms with van der Waals surface area (Å²) in [6, 6.07) is 36.3. The maximum atomic E-state index is 7.87. The summed E-state index contributed by atoms with van der Waals surface area (Å²) < 4.78 is 28.5. The van der Waals surface area contributed by atoms with Gasteiger partial charge in [-0.15, -0.1) is 11.3 Å². The van der Waals surface area contributed by atoms with Gasteiger partial charge in [0.1, 0.15) is 5.69 Å². The predicted octanol–water partition coefficient (Wildman–Crippen LogP) is 11.3. The number of hydrogen-bond acceptors (Lipinski definition) is 1. The fourth-order valence-corrected chi connectivity index (χ4v) is 8.05. The number of thiophene rings is 1. The van der Waals surface area contributed by atoms with Crippen LogP contribution < -0.4 is 4.57 Å². The summed E-state index contributed by atoms with van der Waals surface area (Å²) in [7, 11) is 0. The van der Waals surface area contributed by atoms with Crippen molar-refractivity contribution in [2.45, 2.75) is 46.4 Å². The molecule has 0 fully saturated rings. The first-order chi connectivity index (χ1) is 22.1. The number of nitrogens with one attached hydrogen (secondary N) is 1. The van der Waals surface area contributed by atoms with E-state index in [0.717, 1.165) is 32.9 Å². The van der Waals surface area contributed by atoms with Crippen LogP contribution >= 0.6 is 11.3 Å². The summed E-state index contributed by atoms with van der Waals surface area (Å²) in [5.41, 5.74) is 7.78. The summed E-state index contributed by atoms with van der Waals surface area (Å²) in [5, 5.41) is 6.80. The highest BCUT2D eigenvalue weighted by Gasteiger charge is 2.29. The maximum Gasteiger partial charge on any atom is 0.294 e. The van der Waals surface area contributed by atoms with Crippen molar-refractivity contribution in [3.05, 3.63) is 120 Å². The summed E-state index contributed by atoms with van der Waals surface area (Å²) in [5.74, 6) is 1.81. The third kappa shape index (κ3) is 4.02. The number of benzene rings is 6. The van der Waals surface area contributed by atoms with Gasteiger partial charge in [-0.05, 0) is 70.6 Å². The van der Waals surface area contributed by atoms with Crippen molar-refractivity contribution in [3.63, 3.8) is 0 Å². The number of para-hydroxylation sites is 3. The summed E-state index contributed by atoms with van der Waals surface area (Å²) >= 11 is 1.83. The molecular formula is C40H35N2S+. The van der Waals surface area contributed by atoms with Crippen LogP contribution in [0.2, 0.25) is 0 Å². The van der Waals surface area contributed by atoms with Gasteiger partial charge in [-0.3, -0.25) is 0 Å². The first kappa shape index (κ1) is 23.0. The van der Waals surface area contributed by atoms with Crippen LogP contribution in [0, 0.1) is 6.85 Å². The lowest BCUT2D eigenvalue weighted by Crippen LogP contribution is -2.35. The summed E-state index contributed by atoms with van der Waals surface area (Å²) in [4.78, 5) is 3.85. The molecule has 210 valence electrons. The molecule has 0 spiro atoms. The molecular weight excluding hydrogens is 541 g/mol. The molecule has 8 rings (SSSR count). The van der Waals surface area contributed by atoms with Gasteiger partial charge in [0.2, 0.25) is 0 Å². The van der Waals surface area contributed by atoms with Gasteiger partial charge in [0.05, 0.1) is 10.3 Å². The highest BCUT2D eigenvalue weighted by molar-refractivity contribution is 7.26. The third-order valence-corrected chi connectivity index (χ3v) is 10.1. The van der Waals surface area contributed by atoms with E-state index in [1.54, 1.807) is 6.07 Å². The Labute approximate surface area is 260 Å². The standard InChI is InChI=1S/C40H34N2S/c1-23(2)28-10-8-11-29(24(3)4)38(28)42-36-15-7-6-14-35(36)41-40(42)32-13-9-12-31-34-21-27-18-17-26-20-25(5)16-19-30(26)33(27)22-37(34)43-39(31)32/h6-24H,1-5H3/p+1/i5D3. The number of rotatable bonds is 4. The van der Waals surface area contributed by atoms with Crippen molar-refractivity contribution in [2.24, 2.45) is 0 Å². The number of aromatic nitrogens is 2. The Hall–Kier alpha value is -4.47. The molecule has 0 amide bonds.